The average molecular weight is 1810 g/mol. The van der Waals surface area contributed by atoms with Gasteiger partial charge in [-0.25, -0.2) is 4.79 Å². The molecule has 2 amide bonds. The fourth-order valence-corrected chi connectivity index (χ4v) is 43.5. The van der Waals surface area contributed by atoms with Crippen molar-refractivity contribution >= 4 is 149 Å². The first-order valence-electron chi connectivity index (χ1n) is 38.9. The molecule has 9 heterocycles. The second-order valence-corrected chi connectivity index (χ2v) is 54.1. The molecule has 626 valence electrons. The van der Waals surface area contributed by atoms with Crippen molar-refractivity contribution in [3.63, 3.8) is 0 Å². The number of amidine groups is 4. The van der Waals surface area contributed by atoms with Gasteiger partial charge in [-0.15, -0.1) is 5.06 Å². The van der Waals surface area contributed by atoms with Crippen LogP contribution in [0.2, 0.25) is 38.3 Å². The van der Waals surface area contributed by atoms with E-state index >= 15 is 0 Å². The Labute approximate surface area is 755 Å². The zero-order chi connectivity index (χ0) is 82.5. The molecule has 13 rings (SSSR count). The number of hydrogen-bond acceptors (Lipinski definition) is 27. The molecule has 0 radical (unpaired) electrons. The van der Waals surface area contributed by atoms with Gasteiger partial charge in [-0.3, -0.25) is 9.59 Å². The van der Waals surface area contributed by atoms with Gasteiger partial charge in [0.1, 0.15) is 0 Å². The number of carbonyl (C=O) groups is 3. The first-order valence-corrected chi connectivity index (χ1v) is 55.7. The smallest absolute Gasteiger partial charge is 1.00 e. The number of quaternary nitrogens is 2. The normalized spacial score (nSPS) is 17.3. The Morgan fingerprint density at radius 1 is 0.424 bits per heavy atom. The molecule has 0 unspecified atom stereocenters. The van der Waals surface area contributed by atoms with Crippen LogP contribution in [0.25, 0.3) is 21.5 Å². The molecule has 0 saturated carbocycles. The van der Waals surface area contributed by atoms with Crippen LogP contribution < -0.4 is 99.6 Å². The summed E-state index contributed by atoms with van der Waals surface area (Å²) in [4.78, 5) is 65.1. The van der Waals surface area contributed by atoms with Crippen LogP contribution in [0.3, 0.4) is 0 Å². The molecule has 7 aliphatic rings. The predicted octanol–water partition coefficient (Wildman–Crippen LogP) is -4.15. The van der Waals surface area contributed by atoms with Crippen LogP contribution in [0.15, 0.2) is 117 Å². The fraction of sp³-hybridized carbons (Fsp3) is 0.521. The molecular weight excluding hydrogens is 1710 g/mol. The molecule has 34 nitrogen and oxygen atoms in total. The molecule has 0 atom stereocenters. The molecule has 0 aliphatic carbocycles. The molecule has 1 fully saturated rings. The number of benzene rings is 4. The molecule has 4 aromatic carbocycles. The molecule has 1 saturated heterocycles. The summed E-state index contributed by atoms with van der Waals surface area (Å²) >= 11 is 0. The van der Waals surface area contributed by atoms with Crippen LogP contribution in [0.1, 0.15) is 119 Å². The standard InChI is InChI=1S/C73H99N11O23S5Si3.3Na/c1-113(2,53-23-41-83(36-13-18-48-108(88,89)90,37-14-19-49-109(91,92)93)38-15-20-50-110(94,95)96)106-115(107-114(3,4)54-24-42-84(39-16-21-51-111(97,98)99,40-17-22-52-112(100,101)102)43-45-104-47-46-103-44-35-65(87)105-78-63(85)33-34-64(78)86)79-66-55-25-5-6-26-56(55)67(79)75-69-59-29-9-10-30-60(59)71(81(69)115)77-73-62-32-12-11-31-61(62)72(82(73)115)76-70-58-28-8-7-27-57(58)68(74-66)80(70)115;;;/h5-12,25-32H,13-24,33-54H2,1-4H3,(H3-2,88,89,90,91,92,93,94,95,96,97,98,99,100,101,102);;;/q;3*+1/p-3. The number of unbranched alkanes of at least 4 members (excludes halogenated alkanes) is 5. The van der Waals surface area contributed by atoms with Crippen molar-refractivity contribution in [2.24, 2.45) is 20.0 Å². The van der Waals surface area contributed by atoms with Crippen LogP contribution in [-0.4, -0.2) is 269 Å². The van der Waals surface area contributed by atoms with E-state index in [1.54, 1.807) is 0 Å². The van der Waals surface area contributed by atoms with Crippen molar-refractivity contribution in [2.75, 3.05) is 108 Å². The molecular formula is C73H96N11Na3O23S5Si3. The second-order valence-electron chi connectivity index (χ2n) is 32.2. The number of imide groups is 1. The number of fused-ring (bicyclic) bond motifs is 12. The number of aromatic nitrogens is 2. The van der Waals surface area contributed by atoms with E-state index in [4.69, 9.17) is 34.3 Å². The zero-order valence-corrected chi connectivity index (χ0v) is 80.7. The van der Waals surface area contributed by atoms with Crippen molar-refractivity contribution in [3.8, 4) is 0 Å². The molecule has 45 heteroatoms. The minimum absolute atomic E-state index is 0. The van der Waals surface area contributed by atoms with E-state index in [9.17, 15) is 87.5 Å². The number of ether oxygens (including phenoxy) is 2. The van der Waals surface area contributed by atoms with Crippen molar-refractivity contribution < 1.29 is 208 Å². The van der Waals surface area contributed by atoms with Gasteiger partial charge in [0.25, 0.3) is 11.8 Å². The third-order valence-corrected chi connectivity index (χ3v) is 43.7. The Hall–Kier alpha value is -4.19. The van der Waals surface area contributed by atoms with Gasteiger partial charge in [-0.2, -0.15) is 0 Å². The number of rotatable bonds is 47. The maximum atomic E-state index is 12.6. The summed E-state index contributed by atoms with van der Waals surface area (Å²) in [7, 11) is -38.4. The van der Waals surface area contributed by atoms with Gasteiger partial charge in [0.2, 0.25) is 0 Å². The molecule has 6 aromatic rings. The summed E-state index contributed by atoms with van der Waals surface area (Å²) in [6.07, 6.45) is 1.35. The second kappa shape index (κ2) is 36.8. The number of amides is 2. The van der Waals surface area contributed by atoms with E-state index < -0.39 is 122 Å². The van der Waals surface area contributed by atoms with Gasteiger partial charge in [0.05, 0.1) is 13.0 Å². The monoisotopic (exact) mass is 1810 g/mol. The Kier molecular flexibility index (Phi) is 29.9. The van der Waals surface area contributed by atoms with Crippen molar-refractivity contribution in [2.45, 2.75) is 135 Å². The molecule has 1 spiro atoms. The average Bonchev–Trinajstić information content (AvgIpc) is 1.32. The summed E-state index contributed by atoms with van der Waals surface area (Å²) in [5, 5.41) is 3.28. The van der Waals surface area contributed by atoms with E-state index in [0.29, 0.717) is 133 Å². The third kappa shape index (κ3) is 19.4. The fourth-order valence-electron chi connectivity index (χ4n) is 18.5. The van der Waals surface area contributed by atoms with Gasteiger partial charge in [-0.1, -0.05) is 0 Å². The summed E-state index contributed by atoms with van der Waals surface area (Å²) < 4.78 is 222. The number of nitrogens with zero attached hydrogens (tertiary/aromatic N) is 11. The maximum absolute atomic E-state index is 12.6. The van der Waals surface area contributed by atoms with Crippen molar-refractivity contribution in [1.29, 1.82) is 0 Å². The molecule has 118 heavy (non-hydrogen) atoms. The van der Waals surface area contributed by atoms with E-state index in [1.165, 1.54) is 0 Å². The summed E-state index contributed by atoms with van der Waals surface area (Å²) in [5.41, 5.74) is 3.74. The SMILES string of the molecule is C[Si](C)(CCC[N+](CCCCS(=O)(=O)[O-])(CCCCS(=O)(=O)[O-])CCCCS(=O)(=O)[O-])O[Si-2]123(O[Si](C)(C)CCC[N+](CCCCS(=O)(=O)[O-])(CCCCS(=O)(=O)[O-])CCOCCOCCC(=O)ON4C(=O)CCC4=O)n4c5c6ccccc6c4N=C4c6ccccc6C(=[N+]41)N=c1c4ccccc4c(n12)=NC1=[N+]3C(=N5)c2ccccc21.[Na+].[Na+].[Na+]. The topological polar surface area (TPSA) is 452 Å². The number of hydroxylamine groups is 2. The zero-order valence-electron chi connectivity index (χ0n) is 67.6. The van der Waals surface area contributed by atoms with Crippen LogP contribution in [0.4, 0.5) is 11.6 Å². The van der Waals surface area contributed by atoms with Gasteiger partial charge < -0.3 is 4.84 Å². The van der Waals surface area contributed by atoms with Gasteiger partial charge in [0.15, 0.2) is 0 Å². The van der Waals surface area contributed by atoms with Crippen LogP contribution in [0.5, 0.6) is 0 Å². The Morgan fingerprint density at radius 2 is 0.746 bits per heavy atom. The quantitative estimate of drug-likeness (QED) is 0.0115. The Bertz CT molecular complexity index is 5510. The third-order valence-electron chi connectivity index (χ3n) is 23.0. The van der Waals surface area contributed by atoms with E-state index in [0.717, 1.165) is 0 Å². The summed E-state index contributed by atoms with van der Waals surface area (Å²) in [6, 6.07) is 32.1. The maximum Gasteiger partial charge on any atom is 1.00 e. The van der Waals surface area contributed by atoms with E-state index in [1.807, 2.05) is 97.1 Å². The van der Waals surface area contributed by atoms with Crippen molar-refractivity contribution in [1.82, 2.24) is 13.5 Å². The predicted molar refractivity (Wildman–Crippen MR) is 425 cm³/mol. The summed E-state index contributed by atoms with van der Waals surface area (Å²) in [6.45, 7) is 10.7. The minimum atomic E-state index is -7.51. The van der Waals surface area contributed by atoms with Crippen LogP contribution >= 0.6 is 0 Å². The van der Waals surface area contributed by atoms with Crippen LogP contribution in [0, 0.1) is 0 Å². The molecule has 7 aliphatic heterocycles. The van der Waals surface area contributed by atoms with Gasteiger partial charge in [0, 0.05) is 12.8 Å². The Balaban J connectivity index is 0.00000489. The number of carbonyl (C=O) groups excluding carboxylic acids is 3. The first kappa shape index (κ1) is 96.0. The van der Waals surface area contributed by atoms with Crippen molar-refractivity contribution in [3.05, 3.63) is 130 Å². The largest absolute Gasteiger partial charge is 1.00 e. The van der Waals surface area contributed by atoms with E-state index in [-0.39, 0.29) is 247 Å². The minimum Gasteiger partial charge on any atom is 1.00 e. The molecule has 2 aromatic heterocycles. The van der Waals surface area contributed by atoms with Crippen LogP contribution in [-0.2, 0) is 87.5 Å². The van der Waals surface area contributed by atoms with E-state index in [2.05, 4.69) is 43.1 Å². The van der Waals surface area contributed by atoms with Gasteiger partial charge >= 0.3 is 701 Å². The number of hydrogen-bond donors (Lipinski definition) is 0. The van der Waals surface area contributed by atoms with Gasteiger partial charge in [-0.05, 0) is 0 Å². The summed E-state index contributed by atoms with van der Waals surface area (Å²) in [5.74, 6) is -2.64. The molecule has 0 bridgehead atoms. The molecule has 0 N–H and O–H groups in total. The Morgan fingerprint density at radius 3 is 1.11 bits per heavy atom. The first-order chi connectivity index (χ1) is 54.2. The number of aliphatic imine (C=N–C) groups is 2.